The molecule has 5 heteroatoms. The number of morpholine rings is 1. The molecule has 0 spiro atoms. The highest BCUT2D eigenvalue weighted by Crippen LogP contribution is 2.11. The van der Waals surface area contributed by atoms with Crippen molar-refractivity contribution >= 4 is 18.3 Å². The van der Waals surface area contributed by atoms with E-state index in [2.05, 4.69) is 17.4 Å². The summed E-state index contributed by atoms with van der Waals surface area (Å²) in [6.45, 7) is 2.42. The zero-order chi connectivity index (χ0) is 12.8. The molecule has 106 valence electrons. The Morgan fingerprint density at radius 2 is 2.16 bits per heavy atom. The Balaban J connectivity index is 0.00000180. The summed E-state index contributed by atoms with van der Waals surface area (Å²) in [6, 6.07) is 10.3. The van der Waals surface area contributed by atoms with Crippen molar-refractivity contribution < 1.29 is 9.53 Å². The number of likely N-dealkylation sites (N-methyl/N-ethyl adjacent to an activating group) is 1. The van der Waals surface area contributed by atoms with Crippen LogP contribution in [0.2, 0.25) is 0 Å². The lowest BCUT2D eigenvalue weighted by Gasteiger charge is -2.33. The zero-order valence-electron chi connectivity index (χ0n) is 11.2. The van der Waals surface area contributed by atoms with E-state index in [1.54, 1.807) is 7.05 Å². The molecule has 1 unspecified atom stereocenters. The van der Waals surface area contributed by atoms with Gasteiger partial charge in [0.15, 0.2) is 0 Å². The first-order valence-electron chi connectivity index (χ1n) is 6.37. The van der Waals surface area contributed by atoms with E-state index >= 15 is 0 Å². The minimum atomic E-state index is 0. The third-order valence-corrected chi connectivity index (χ3v) is 3.13. The smallest absolute Gasteiger partial charge is 0.236 e. The molecule has 1 N–H and O–H groups in total. The molecule has 1 aliphatic rings. The lowest BCUT2D eigenvalue weighted by molar-refractivity contribution is -0.137. The molecule has 1 aromatic carbocycles. The number of carbonyl (C=O) groups is 1. The highest BCUT2D eigenvalue weighted by Gasteiger charge is 2.23. The molecule has 1 atom stereocenters. The van der Waals surface area contributed by atoms with Gasteiger partial charge in [0.2, 0.25) is 5.91 Å². The second-order valence-electron chi connectivity index (χ2n) is 4.55. The van der Waals surface area contributed by atoms with E-state index in [4.69, 9.17) is 4.74 Å². The summed E-state index contributed by atoms with van der Waals surface area (Å²) in [7, 11) is 1.79. The lowest BCUT2D eigenvalue weighted by Crippen LogP contribution is -2.48. The molecular weight excluding hydrogens is 264 g/mol. The summed E-state index contributed by atoms with van der Waals surface area (Å²) in [6.07, 6.45) is 0.978. The van der Waals surface area contributed by atoms with Gasteiger partial charge in [-0.1, -0.05) is 30.3 Å². The highest BCUT2D eigenvalue weighted by atomic mass is 35.5. The van der Waals surface area contributed by atoms with E-state index in [1.807, 2.05) is 23.1 Å². The van der Waals surface area contributed by atoms with E-state index in [0.29, 0.717) is 26.2 Å². The minimum Gasteiger partial charge on any atom is -0.374 e. The Bertz CT molecular complexity index is 386. The molecule has 19 heavy (non-hydrogen) atoms. The first-order valence-corrected chi connectivity index (χ1v) is 6.37. The Morgan fingerprint density at radius 3 is 2.84 bits per heavy atom. The number of ether oxygens (including phenoxy) is 1. The number of hydrogen-bond donors (Lipinski definition) is 1. The van der Waals surface area contributed by atoms with Gasteiger partial charge in [-0.15, -0.1) is 12.4 Å². The van der Waals surface area contributed by atoms with Crippen LogP contribution in [0.4, 0.5) is 0 Å². The van der Waals surface area contributed by atoms with E-state index in [-0.39, 0.29) is 24.4 Å². The van der Waals surface area contributed by atoms with Gasteiger partial charge in [0, 0.05) is 19.5 Å². The Morgan fingerprint density at radius 1 is 1.42 bits per heavy atom. The van der Waals surface area contributed by atoms with Crippen molar-refractivity contribution in [1.29, 1.82) is 0 Å². The normalized spacial score (nSPS) is 18.8. The maximum absolute atomic E-state index is 11.8. The predicted octanol–water partition coefficient (Wildman–Crippen LogP) is 1.10. The number of benzene rings is 1. The van der Waals surface area contributed by atoms with E-state index in [0.717, 1.165) is 6.42 Å². The molecule has 0 radical (unpaired) electrons. The molecule has 1 amide bonds. The molecule has 0 aliphatic carbocycles. The van der Waals surface area contributed by atoms with Crippen LogP contribution < -0.4 is 5.32 Å². The molecule has 1 aliphatic heterocycles. The largest absolute Gasteiger partial charge is 0.374 e. The standard InChI is InChI=1S/C14H20N2O2.ClH/c1-15-10-14(17)16-7-8-18-13(11-16)9-12-5-3-2-4-6-12;/h2-6,13,15H,7-11H2,1H3;1H. The summed E-state index contributed by atoms with van der Waals surface area (Å²) in [5.41, 5.74) is 1.26. The van der Waals surface area contributed by atoms with Crippen LogP contribution in [0.3, 0.4) is 0 Å². The molecule has 1 fully saturated rings. The van der Waals surface area contributed by atoms with Crippen LogP contribution in [-0.4, -0.2) is 50.2 Å². The zero-order valence-corrected chi connectivity index (χ0v) is 12.0. The van der Waals surface area contributed by atoms with Crippen molar-refractivity contribution in [3.05, 3.63) is 35.9 Å². The van der Waals surface area contributed by atoms with E-state index < -0.39 is 0 Å². The maximum Gasteiger partial charge on any atom is 0.236 e. The van der Waals surface area contributed by atoms with Crippen LogP contribution >= 0.6 is 12.4 Å². The number of nitrogens with zero attached hydrogens (tertiary/aromatic N) is 1. The quantitative estimate of drug-likeness (QED) is 0.900. The maximum atomic E-state index is 11.8. The van der Waals surface area contributed by atoms with Crippen LogP contribution in [0.5, 0.6) is 0 Å². The monoisotopic (exact) mass is 284 g/mol. The van der Waals surface area contributed by atoms with Gasteiger partial charge < -0.3 is 15.0 Å². The summed E-state index contributed by atoms with van der Waals surface area (Å²) >= 11 is 0. The number of rotatable bonds is 4. The average molecular weight is 285 g/mol. The highest BCUT2D eigenvalue weighted by molar-refractivity contribution is 5.85. The SMILES string of the molecule is CNCC(=O)N1CCOC(Cc2ccccc2)C1.Cl. The number of hydrogen-bond acceptors (Lipinski definition) is 3. The van der Waals surface area contributed by atoms with Gasteiger partial charge in [-0.25, -0.2) is 0 Å². The fraction of sp³-hybridized carbons (Fsp3) is 0.500. The molecule has 0 saturated carbocycles. The summed E-state index contributed by atoms with van der Waals surface area (Å²) < 4.78 is 5.73. The van der Waals surface area contributed by atoms with Gasteiger partial charge in [0.25, 0.3) is 0 Å². The summed E-state index contributed by atoms with van der Waals surface area (Å²) in [4.78, 5) is 13.7. The molecule has 1 heterocycles. The molecule has 0 aromatic heterocycles. The summed E-state index contributed by atoms with van der Waals surface area (Å²) in [5.74, 6) is 0.152. The van der Waals surface area contributed by atoms with E-state index in [9.17, 15) is 4.79 Å². The molecule has 4 nitrogen and oxygen atoms in total. The van der Waals surface area contributed by atoms with Gasteiger partial charge in [-0.3, -0.25) is 4.79 Å². The second-order valence-corrected chi connectivity index (χ2v) is 4.55. The fourth-order valence-electron chi connectivity index (χ4n) is 2.21. The van der Waals surface area contributed by atoms with Crippen LogP contribution in [0.15, 0.2) is 30.3 Å². The number of halogens is 1. The van der Waals surface area contributed by atoms with Crippen molar-refractivity contribution in [3.63, 3.8) is 0 Å². The number of carbonyl (C=O) groups excluding carboxylic acids is 1. The molecule has 2 rings (SSSR count). The van der Waals surface area contributed by atoms with Crippen molar-refractivity contribution in [2.75, 3.05) is 33.3 Å². The van der Waals surface area contributed by atoms with Crippen LogP contribution in [0.1, 0.15) is 5.56 Å². The van der Waals surface area contributed by atoms with Gasteiger partial charge in [-0.05, 0) is 12.6 Å². The third-order valence-electron chi connectivity index (χ3n) is 3.13. The third kappa shape index (κ3) is 4.82. The number of nitrogens with one attached hydrogen (secondary N) is 1. The first-order chi connectivity index (χ1) is 8.79. The lowest BCUT2D eigenvalue weighted by atomic mass is 10.1. The van der Waals surface area contributed by atoms with Gasteiger partial charge >= 0.3 is 0 Å². The Hall–Kier alpha value is -1.10. The average Bonchev–Trinajstić information content (AvgIpc) is 2.40. The van der Waals surface area contributed by atoms with Crippen LogP contribution in [0, 0.1) is 0 Å². The number of amides is 1. The Kier molecular flexibility index (Phi) is 6.84. The van der Waals surface area contributed by atoms with Crippen molar-refractivity contribution in [1.82, 2.24) is 10.2 Å². The summed E-state index contributed by atoms with van der Waals surface area (Å²) in [5, 5.41) is 2.90. The minimum absolute atomic E-state index is 0. The van der Waals surface area contributed by atoms with Crippen molar-refractivity contribution in [2.45, 2.75) is 12.5 Å². The molecule has 0 bridgehead atoms. The van der Waals surface area contributed by atoms with Crippen LogP contribution in [0.25, 0.3) is 0 Å². The van der Waals surface area contributed by atoms with E-state index in [1.165, 1.54) is 5.56 Å². The molecule has 1 saturated heterocycles. The van der Waals surface area contributed by atoms with Crippen LogP contribution in [-0.2, 0) is 16.0 Å². The van der Waals surface area contributed by atoms with Crippen molar-refractivity contribution in [2.24, 2.45) is 0 Å². The van der Waals surface area contributed by atoms with Gasteiger partial charge in [0.05, 0.1) is 19.3 Å². The predicted molar refractivity (Wildman–Crippen MR) is 77.6 cm³/mol. The Labute approximate surface area is 120 Å². The van der Waals surface area contributed by atoms with Crippen molar-refractivity contribution in [3.8, 4) is 0 Å². The van der Waals surface area contributed by atoms with Gasteiger partial charge in [0.1, 0.15) is 0 Å². The topological polar surface area (TPSA) is 41.6 Å². The van der Waals surface area contributed by atoms with Gasteiger partial charge in [-0.2, -0.15) is 0 Å². The fourth-order valence-corrected chi connectivity index (χ4v) is 2.21. The first kappa shape index (κ1) is 16.0. The molecule has 1 aromatic rings. The molecular formula is C14H21ClN2O2. The second kappa shape index (κ2) is 8.15.